The van der Waals surface area contributed by atoms with Crippen LogP contribution in [0, 0.1) is 0 Å². The van der Waals surface area contributed by atoms with Crippen LogP contribution in [-0.2, 0) is 14.3 Å². The average molecular weight is 341 g/mol. The van der Waals surface area contributed by atoms with Crippen molar-refractivity contribution in [2.75, 3.05) is 7.11 Å². The molecule has 0 heterocycles. The fourth-order valence-electron chi connectivity index (χ4n) is 3.41. The van der Waals surface area contributed by atoms with E-state index in [1.807, 2.05) is 42.5 Å². The van der Waals surface area contributed by atoms with Gasteiger partial charge in [-0.15, -0.1) is 0 Å². The molecule has 0 unspecified atom stereocenters. The molecule has 25 heavy (non-hydrogen) atoms. The number of carboxylic acid groups (broad SMARTS) is 1. The monoisotopic (exact) mass is 341 g/mol. The molecule has 1 atom stereocenters. The van der Waals surface area contributed by atoms with Gasteiger partial charge in [0.05, 0.1) is 24.5 Å². The van der Waals surface area contributed by atoms with Gasteiger partial charge in [-0.2, -0.15) is 0 Å². The van der Waals surface area contributed by atoms with Crippen LogP contribution in [0.4, 0.5) is 0 Å². The van der Waals surface area contributed by atoms with Crippen LogP contribution in [0.3, 0.4) is 0 Å². The summed E-state index contributed by atoms with van der Waals surface area (Å²) in [5.74, 6) is -1.11. The number of rotatable bonds is 7. The van der Waals surface area contributed by atoms with Crippen LogP contribution < -0.4 is 5.32 Å². The summed E-state index contributed by atoms with van der Waals surface area (Å²) in [6, 6.07) is 13.1. The number of carbonyl (C=O) groups is 2. The Morgan fingerprint density at radius 1 is 1.20 bits per heavy atom. The molecule has 132 valence electrons. The molecule has 2 aromatic carbocycles. The van der Waals surface area contributed by atoms with Crippen LogP contribution in [0.15, 0.2) is 42.5 Å². The minimum Gasteiger partial charge on any atom is -0.481 e. The zero-order valence-electron chi connectivity index (χ0n) is 14.3. The number of carboxylic acids is 1. The fraction of sp³-hybridized carbons (Fsp3) is 0.400. The van der Waals surface area contributed by atoms with Crippen molar-refractivity contribution in [3.63, 3.8) is 0 Å². The number of benzene rings is 2. The largest absolute Gasteiger partial charge is 0.481 e. The predicted molar refractivity (Wildman–Crippen MR) is 95.3 cm³/mol. The van der Waals surface area contributed by atoms with Gasteiger partial charge in [-0.1, -0.05) is 36.4 Å². The summed E-state index contributed by atoms with van der Waals surface area (Å²) in [5.41, 5.74) is 0.427. The van der Waals surface area contributed by atoms with Crippen molar-refractivity contribution in [1.29, 1.82) is 0 Å². The van der Waals surface area contributed by atoms with Crippen molar-refractivity contribution in [3.05, 3.63) is 48.0 Å². The predicted octanol–water partition coefficient (Wildman–Crippen LogP) is 3.43. The Labute approximate surface area is 147 Å². The Bertz CT molecular complexity index is 777. The first kappa shape index (κ1) is 17.4. The van der Waals surface area contributed by atoms with E-state index in [2.05, 4.69) is 5.32 Å². The van der Waals surface area contributed by atoms with Crippen molar-refractivity contribution in [2.45, 2.75) is 43.7 Å². The smallest absolute Gasteiger partial charge is 0.305 e. The van der Waals surface area contributed by atoms with Gasteiger partial charge in [0, 0.05) is 7.11 Å². The van der Waals surface area contributed by atoms with E-state index in [1.54, 1.807) is 7.11 Å². The van der Waals surface area contributed by atoms with E-state index >= 15 is 0 Å². The number of hydrogen-bond acceptors (Lipinski definition) is 3. The molecule has 5 heteroatoms. The van der Waals surface area contributed by atoms with Crippen molar-refractivity contribution < 1.29 is 19.4 Å². The highest BCUT2D eigenvalue weighted by Crippen LogP contribution is 2.38. The van der Waals surface area contributed by atoms with E-state index < -0.39 is 12.0 Å². The number of ether oxygens (including phenoxy) is 1. The standard InChI is InChI=1S/C20H23NO4/c1-25-20(9-4-10-20)13-18(22)21-17(12-19(23)24)16-8-7-14-5-2-3-6-15(14)11-16/h2-3,5-8,11,17H,4,9-10,12-13H2,1H3,(H,21,22)(H,23,24)/t17-/m0/s1. The summed E-state index contributed by atoms with van der Waals surface area (Å²) in [5, 5.41) is 14.2. The highest BCUT2D eigenvalue weighted by atomic mass is 16.5. The molecule has 1 aliphatic carbocycles. The van der Waals surface area contributed by atoms with Crippen LogP contribution in [0.5, 0.6) is 0 Å². The number of amides is 1. The van der Waals surface area contributed by atoms with Crippen LogP contribution >= 0.6 is 0 Å². The summed E-state index contributed by atoms with van der Waals surface area (Å²) < 4.78 is 5.49. The molecule has 1 amide bonds. The maximum absolute atomic E-state index is 12.5. The molecule has 3 rings (SSSR count). The summed E-state index contributed by atoms with van der Waals surface area (Å²) >= 11 is 0. The summed E-state index contributed by atoms with van der Waals surface area (Å²) in [6.07, 6.45) is 2.93. The molecule has 0 bridgehead atoms. The number of hydrogen-bond donors (Lipinski definition) is 2. The molecule has 0 spiro atoms. The molecule has 2 N–H and O–H groups in total. The first-order chi connectivity index (χ1) is 12.0. The lowest BCUT2D eigenvalue weighted by atomic mass is 9.77. The van der Waals surface area contributed by atoms with Gasteiger partial charge in [-0.05, 0) is 41.7 Å². The lowest BCUT2D eigenvalue weighted by molar-refractivity contribution is -0.138. The van der Waals surface area contributed by atoms with Crippen LogP contribution in [0.1, 0.15) is 43.7 Å². The Morgan fingerprint density at radius 3 is 2.52 bits per heavy atom. The van der Waals surface area contributed by atoms with Gasteiger partial charge in [-0.25, -0.2) is 0 Å². The highest BCUT2D eigenvalue weighted by Gasteiger charge is 2.39. The first-order valence-electron chi connectivity index (χ1n) is 8.56. The van der Waals surface area contributed by atoms with Crippen molar-refractivity contribution in [3.8, 4) is 0 Å². The van der Waals surface area contributed by atoms with Crippen molar-refractivity contribution in [2.24, 2.45) is 0 Å². The van der Waals surface area contributed by atoms with Gasteiger partial charge < -0.3 is 15.2 Å². The minimum absolute atomic E-state index is 0.149. The normalized spacial score (nSPS) is 16.8. The second kappa shape index (κ2) is 7.23. The molecule has 0 aromatic heterocycles. The maximum Gasteiger partial charge on any atom is 0.305 e. The van der Waals surface area contributed by atoms with Gasteiger partial charge >= 0.3 is 5.97 Å². The van der Waals surface area contributed by atoms with Gasteiger partial charge in [0.1, 0.15) is 0 Å². The maximum atomic E-state index is 12.5. The molecular weight excluding hydrogens is 318 g/mol. The SMILES string of the molecule is COC1(CC(=O)N[C@@H](CC(=O)O)c2ccc3ccccc3c2)CCC1. The Balaban J connectivity index is 1.78. The Kier molecular flexibility index (Phi) is 5.04. The highest BCUT2D eigenvalue weighted by molar-refractivity contribution is 5.84. The molecule has 5 nitrogen and oxygen atoms in total. The molecule has 0 radical (unpaired) electrons. The lowest BCUT2D eigenvalue weighted by Gasteiger charge is -2.40. The summed E-state index contributed by atoms with van der Waals surface area (Å²) in [7, 11) is 1.63. The third-order valence-electron chi connectivity index (χ3n) is 5.07. The molecule has 1 aliphatic rings. The Morgan fingerprint density at radius 2 is 1.92 bits per heavy atom. The van der Waals surface area contributed by atoms with Crippen LogP contribution in [-0.4, -0.2) is 29.7 Å². The average Bonchev–Trinajstić information content (AvgIpc) is 2.56. The van der Waals surface area contributed by atoms with Gasteiger partial charge in [0.25, 0.3) is 0 Å². The quantitative estimate of drug-likeness (QED) is 0.809. The summed E-state index contributed by atoms with van der Waals surface area (Å²) in [4.78, 5) is 23.7. The molecule has 0 saturated heterocycles. The molecule has 1 fully saturated rings. The third-order valence-corrected chi connectivity index (χ3v) is 5.07. The third kappa shape index (κ3) is 3.99. The van der Waals surface area contributed by atoms with Crippen LogP contribution in [0.25, 0.3) is 10.8 Å². The van der Waals surface area contributed by atoms with Gasteiger partial charge in [-0.3, -0.25) is 9.59 Å². The van der Waals surface area contributed by atoms with E-state index in [9.17, 15) is 14.7 Å². The number of methoxy groups -OCH3 is 1. The van der Waals surface area contributed by atoms with Crippen molar-refractivity contribution in [1.82, 2.24) is 5.32 Å². The van der Waals surface area contributed by atoms with Gasteiger partial charge in [0.15, 0.2) is 0 Å². The minimum atomic E-state index is -0.941. The first-order valence-corrected chi connectivity index (χ1v) is 8.56. The Hall–Kier alpha value is -2.40. The zero-order chi connectivity index (χ0) is 17.9. The molecule has 2 aromatic rings. The molecule has 0 aliphatic heterocycles. The van der Waals surface area contributed by atoms with Gasteiger partial charge in [0.2, 0.25) is 5.91 Å². The second-order valence-electron chi connectivity index (χ2n) is 6.74. The van der Waals surface area contributed by atoms with E-state index in [0.29, 0.717) is 0 Å². The molecule has 1 saturated carbocycles. The lowest BCUT2D eigenvalue weighted by Crippen LogP contribution is -2.44. The van der Waals surface area contributed by atoms with E-state index in [0.717, 1.165) is 35.6 Å². The number of nitrogens with one attached hydrogen (secondary N) is 1. The zero-order valence-corrected chi connectivity index (χ0v) is 14.3. The summed E-state index contributed by atoms with van der Waals surface area (Å²) in [6.45, 7) is 0. The number of aliphatic carboxylic acids is 1. The number of fused-ring (bicyclic) bond motifs is 1. The second-order valence-corrected chi connectivity index (χ2v) is 6.74. The molecular formula is C20H23NO4. The van der Waals surface area contributed by atoms with Crippen molar-refractivity contribution >= 4 is 22.6 Å². The topological polar surface area (TPSA) is 75.6 Å². The van der Waals surface area contributed by atoms with E-state index in [1.165, 1.54) is 0 Å². The number of carbonyl (C=O) groups excluding carboxylic acids is 1. The van der Waals surface area contributed by atoms with E-state index in [-0.39, 0.29) is 24.3 Å². The van der Waals surface area contributed by atoms with Crippen LogP contribution in [0.2, 0.25) is 0 Å². The fourth-order valence-corrected chi connectivity index (χ4v) is 3.41. The van der Waals surface area contributed by atoms with E-state index in [4.69, 9.17) is 4.74 Å².